The number of carbonyl (C=O) groups is 1. The number of nitrogens with zero attached hydrogens (tertiary/aromatic N) is 1. The first-order chi connectivity index (χ1) is 13.9. The summed E-state index contributed by atoms with van der Waals surface area (Å²) in [6.07, 6.45) is 2.77. The monoisotopic (exact) mass is 415 g/mol. The molecule has 0 saturated heterocycles. The number of carbonyl (C=O) groups excluding carboxylic acids is 1. The maximum atomic E-state index is 12.3. The molecular formula is C22H29N3O3S. The van der Waals surface area contributed by atoms with Crippen molar-refractivity contribution < 1.29 is 13.2 Å². The van der Waals surface area contributed by atoms with Gasteiger partial charge in [0.05, 0.1) is 12.3 Å². The van der Waals surface area contributed by atoms with Crippen molar-refractivity contribution in [3.8, 4) is 0 Å². The van der Waals surface area contributed by atoms with E-state index in [1.54, 1.807) is 6.92 Å². The van der Waals surface area contributed by atoms with E-state index < -0.39 is 10.0 Å². The van der Waals surface area contributed by atoms with E-state index in [4.69, 9.17) is 0 Å². The van der Waals surface area contributed by atoms with Gasteiger partial charge in [0.1, 0.15) is 0 Å². The zero-order chi connectivity index (χ0) is 20.9. The number of benzene rings is 2. The zero-order valence-corrected chi connectivity index (χ0v) is 17.9. The van der Waals surface area contributed by atoms with Crippen LogP contribution in [0.3, 0.4) is 0 Å². The number of hydrogen-bond donors (Lipinski definition) is 2. The molecule has 0 radical (unpaired) electrons. The minimum absolute atomic E-state index is 0.111. The van der Waals surface area contributed by atoms with Gasteiger partial charge in [-0.15, -0.1) is 0 Å². The fourth-order valence-corrected chi connectivity index (χ4v) is 4.66. The molecule has 1 aliphatic heterocycles. The van der Waals surface area contributed by atoms with E-state index >= 15 is 0 Å². The number of rotatable bonds is 8. The topological polar surface area (TPSA) is 78.5 Å². The lowest BCUT2D eigenvalue weighted by Gasteiger charge is -2.29. The Morgan fingerprint density at radius 1 is 1.10 bits per heavy atom. The van der Waals surface area contributed by atoms with Crippen LogP contribution in [-0.2, 0) is 34.2 Å². The van der Waals surface area contributed by atoms with Gasteiger partial charge in [-0.1, -0.05) is 37.6 Å². The van der Waals surface area contributed by atoms with Crippen LogP contribution in [0, 0.1) is 0 Å². The molecule has 6 nitrogen and oxygen atoms in total. The zero-order valence-electron chi connectivity index (χ0n) is 17.1. The van der Waals surface area contributed by atoms with Gasteiger partial charge in [-0.25, -0.2) is 8.42 Å². The maximum absolute atomic E-state index is 12.3. The molecule has 2 aromatic rings. The van der Waals surface area contributed by atoms with Crippen molar-refractivity contribution >= 4 is 27.3 Å². The predicted molar refractivity (Wildman–Crippen MR) is 118 cm³/mol. The third-order valence-electron chi connectivity index (χ3n) is 5.20. The molecule has 1 heterocycles. The first-order valence-corrected chi connectivity index (χ1v) is 11.7. The molecule has 0 aromatic heterocycles. The van der Waals surface area contributed by atoms with E-state index in [0.717, 1.165) is 35.3 Å². The molecule has 29 heavy (non-hydrogen) atoms. The Kier molecular flexibility index (Phi) is 6.92. The highest BCUT2D eigenvalue weighted by Gasteiger charge is 2.26. The molecule has 3 rings (SSSR count). The highest BCUT2D eigenvalue weighted by Crippen LogP contribution is 2.27. The van der Waals surface area contributed by atoms with Crippen molar-refractivity contribution in [3.05, 3.63) is 59.2 Å². The highest BCUT2D eigenvalue weighted by atomic mass is 32.2. The molecule has 0 spiro atoms. The number of sulfonamides is 1. The number of amides is 1. The van der Waals surface area contributed by atoms with Crippen molar-refractivity contribution in [1.82, 2.24) is 4.31 Å². The third-order valence-corrected chi connectivity index (χ3v) is 7.03. The first kappa shape index (κ1) is 21.3. The Bertz CT molecular complexity index is 956. The molecule has 0 saturated carbocycles. The quantitative estimate of drug-likeness (QED) is 0.693. The van der Waals surface area contributed by atoms with Crippen LogP contribution in [0.25, 0.3) is 0 Å². The van der Waals surface area contributed by atoms with Crippen LogP contribution in [0.2, 0.25) is 0 Å². The number of aryl methyl sites for hydroxylation is 1. The lowest BCUT2D eigenvalue weighted by Crippen LogP contribution is -2.37. The molecule has 1 amide bonds. The summed E-state index contributed by atoms with van der Waals surface area (Å²) in [5, 5.41) is 6.12. The van der Waals surface area contributed by atoms with Gasteiger partial charge >= 0.3 is 0 Å². The standard InChI is InChI=1S/C22H29N3O3S/c1-3-6-17-9-11-19(12-10-17)24-22(26)15-23-21-8-5-7-18-16-25(14-13-20(18)21)29(27,28)4-2/h5,7-12,23H,3-4,6,13-16H2,1-2H3,(H,24,26). The summed E-state index contributed by atoms with van der Waals surface area (Å²) in [5.74, 6) is -0.00305. The molecule has 2 aromatic carbocycles. The Balaban J connectivity index is 1.60. The largest absolute Gasteiger partial charge is 0.376 e. The van der Waals surface area contributed by atoms with Gasteiger partial charge < -0.3 is 10.6 Å². The molecule has 0 bridgehead atoms. The number of nitrogens with one attached hydrogen (secondary N) is 2. The van der Waals surface area contributed by atoms with Gasteiger partial charge in [0, 0.05) is 24.5 Å². The fraction of sp³-hybridized carbons (Fsp3) is 0.409. The van der Waals surface area contributed by atoms with Gasteiger partial charge in [0.2, 0.25) is 15.9 Å². The first-order valence-electron chi connectivity index (χ1n) is 10.1. The molecule has 2 N–H and O–H groups in total. The van der Waals surface area contributed by atoms with Crippen molar-refractivity contribution in [1.29, 1.82) is 0 Å². The Morgan fingerprint density at radius 3 is 2.55 bits per heavy atom. The molecule has 0 unspecified atom stereocenters. The highest BCUT2D eigenvalue weighted by molar-refractivity contribution is 7.89. The van der Waals surface area contributed by atoms with E-state index in [-0.39, 0.29) is 18.2 Å². The molecule has 0 aliphatic carbocycles. The predicted octanol–water partition coefficient (Wildman–Crippen LogP) is 3.40. The summed E-state index contributed by atoms with van der Waals surface area (Å²) in [7, 11) is -3.20. The number of fused-ring (bicyclic) bond motifs is 1. The van der Waals surface area contributed by atoms with Gasteiger partial charge in [-0.2, -0.15) is 4.31 Å². The number of anilines is 2. The SMILES string of the molecule is CCCc1ccc(NC(=O)CNc2cccc3c2CCN(S(=O)(=O)CC)C3)cc1. The van der Waals surface area contributed by atoms with E-state index in [2.05, 4.69) is 17.6 Å². The van der Waals surface area contributed by atoms with Gasteiger partial charge in [-0.3, -0.25) is 4.79 Å². The normalized spacial score (nSPS) is 14.3. The van der Waals surface area contributed by atoms with E-state index in [9.17, 15) is 13.2 Å². The third kappa shape index (κ3) is 5.36. The summed E-state index contributed by atoms with van der Waals surface area (Å²) in [4.78, 5) is 12.3. The van der Waals surface area contributed by atoms with Crippen LogP contribution in [0.4, 0.5) is 11.4 Å². The Hall–Kier alpha value is -2.38. The van der Waals surface area contributed by atoms with Crippen LogP contribution < -0.4 is 10.6 Å². The second kappa shape index (κ2) is 9.41. The second-order valence-electron chi connectivity index (χ2n) is 7.28. The molecule has 0 atom stereocenters. The summed E-state index contributed by atoms with van der Waals surface area (Å²) in [6.45, 7) is 4.82. The number of hydrogen-bond acceptors (Lipinski definition) is 4. The van der Waals surface area contributed by atoms with Crippen molar-refractivity contribution in [2.45, 2.75) is 39.7 Å². The smallest absolute Gasteiger partial charge is 0.243 e. The lowest BCUT2D eigenvalue weighted by atomic mass is 9.99. The van der Waals surface area contributed by atoms with Crippen LogP contribution in [0.15, 0.2) is 42.5 Å². The second-order valence-corrected chi connectivity index (χ2v) is 9.53. The maximum Gasteiger partial charge on any atom is 0.243 e. The molecule has 1 aliphatic rings. The van der Waals surface area contributed by atoms with Crippen LogP contribution >= 0.6 is 0 Å². The molecule has 156 valence electrons. The lowest BCUT2D eigenvalue weighted by molar-refractivity contribution is -0.114. The van der Waals surface area contributed by atoms with Crippen molar-refractivity contribution in [2.24, 2.45) is 0 Å². The van der Waals surface area contributed by atoms with E-state index in [1.165, 1.54) is 9.87 Å². The van der Waals surface area contributed by atoms with Crippen LogP contribution in [-0.4, -0.2) is 37.5 Å². The summed E-state index contributed by atoms with van der Waals surface area (Å²) < 4.78 is 25.8. The Labute approximate surface area is 173 Å². The fourth-order valence-electron chi connectivity index (χ4n) is 3.59. The average Bonchev–Trinajstić information content (AvgIpc) is 2.73. The molecule has 0 fully saturated rings. The summed E-state index contributed by atoms with van der Waals surface area (Å²) in [6, 6.07) is 13.7. The van der Waals surface area contributed by atoms with Gasteiger partial charge in [0.25, 0.3) is 0 Å². The average molecular weight is 416 g/mol. The minimum atomic E-state index is -3.20. The minimum Gasteiger partial charge on any atom is -0.376 e. The van der Waals surface area contributed by atoms with Gasteiger partial charge in [-0.05, 0) is 54.7 Å². The van der Waals surface area contributed by atoms with Crippen molar-refractivity contribution in [3.63, 3.8) is 0 Å². The summed E-state index contributed by atoms with van der Waals surface area (Å²) in [5.41, 5.74) is 5.02. The van der Waals surface area contributed by atoms with Crippen LogP contribution in [0.1, 0.15) is 37.0 Å². The van der Waals surface area contributed by atoms with Crippen molar-refractivity contribution in [2.75, 3.05) is 29.5 Å². The molecular weight excluding hydrogens is 386 g/mol. The van der Waals surface area contributed by atoms with E-state index in [1.807, 2.05) is 42.5 Å². The Morgan fingerprint density at radius 2 is 1.86 bits per heavy atom. The van der Waals surface area contributed by atoms with Gasteiger partial charge in [0.15, 0.2) is 0 Å². The summed E-state index contributed by atoms with van der Waals surface area (Å²) >= 11 is 0. The molecule has 7 heteroatoms. The van der Waals surface area contributed by atoms with E-state index in [0.29, 0.717) is 19.5 Å². The van der Waals surface area contributed by atoms with Crippen LogP contribution in [0.5, 0.6) is 0 Å².